The molecule has 8 heteroatoms. The first-order chi connectivity index (χ1) is 22.4. The summed E-state index contributed by atoms with van der Waals surface area (Å²) in [6.45, 7) is 3.26. The second kappa shape index (κ2) is 15.9. The number of hydrogen-bond acceptors (Lipinski definition) is 6. The monoisotopic (exact) mass is 638 g/mol. The summed E-state index contributed by atoms with van der Waals surface area (Å²) in [6, 6.07) is 33.9. The Hall–Kier alpha value is -4.95. The molecule has 0 unspecified atom stereocenters. The maximum Gasteiger partial charge on any atom is 0.337 e. The van der Waals surface area contributed by atoms with Crippen molar-refractivity contribution in [1.82, 2.24) is 0 Å². The summed E-state index contributed by atoms with van der Waals surface area (Å²) < 4.78 is 50.0. The molecule has 0 saturated heterocycles. The molecule has 0 amide bonds. The summed E-state index contributed by atoms with van der Waals surface area (Å²) in [4.78, 5) is 12.9. The van der Waals surface area contributed by atoms with Gasteiger partial charge in [-0.15, -0.1) is 0 Å². The largest absolute Gasteiger partial charge is 0.493 e. The van der Waals surface area contributed by atoms with Crippen LogP contribution in [0.4, 0.5) is 4.39 Å². The standard InChI is InChI=1S/C38H35FO6S/c1-3-28-23-35(29-13-17-31(39)18-14-29)37(45-26-27-9-5-4-6-10-27)25-36(28)44-22-8-21-43-32-11-7-12-34(24-32)46(41)33-19-15-30(16-20-33)38(40)42-2/h4-7,9-20,23-25H,3,8,21-22,26H2,1-2H3/t46-/m0/s1. The van der Waals surface area contributed by atoms with E-state index in [1.54, 1.807) is 54.6 Å². The molecule has 0 fully saturated rings. The minimum atomic E-state index is -1.44. The van der Waals surface area contributed by atoms with Crippen LogP contribution in [0.1, 0.15) is 34.8 Å². The zero-order valence-corrected chi connectivity index (χ0v) is 26.6. The van der Waals surface area contributed by atoms with Crippen molar-refractivity contribution in [3.63, 3.8) is 0 Å². The molecule has 0 radical (unpaired) electrons. The van der Waals surface area contributed by atoms with Crippen LogP contribution in [-0.4, -0.2) is 30.5 Å². The highest BCUT2D eigenvalue weighted by Crippen LogP contribution is 2.37. The van der Waals surface area contributed by atoms with Gasteiger partial charge in [0.15, 0.2) is 0 Å². The predicted molar refractivity (Wildman–Crippen MR) is 176 cm³/mol. The van der Waals surface area contributed by atoms with Gasteiger partial charge in [-0.2, -0.15) is 0 Å². The predicted octanol–water partition coefficient (Wildman–Crippen LogP) is 8.44. The quantitative estimate of drug-likeness (QED) is 0.0898. The maximum absolute atomic E-state index is 13.7. The van der Waals surface area contributed by atoms with Gasteiger partial charge in [0, 0.05) is 27.8 Å². The van der Waals surface area contributed by atoms with Gasteiger partial charge in [-0.3, -0.25) is 0 Å². The van der Waals surface area contributed by atoms with Crippen LogP contribution < -0.4 is 14.2 Å². The molecule has 0 aromatic heterocycles. The Morgan fingerprint density at radius 3 is 2.20 bits per heavy atom. The fourth-order valence-corrected chi connectivity index (χ4v) is 5.89. The Kier molecular flexibility index (Phi) is 11.2. The van der Waals surface area contributed by atoms with Crippen LogP contribution in [0.2, 0.25) is 0 Å². The summed E-state index contributed by atoms with van der Waals surface area (Å²) in [6.07, 6.45) is 1.36. The molecule has 0 saturated carbocycles. The van der Waals surface area contributed by atoms with E-state index < -0.39 is 16.8 Å². The number of carbonyl (C=O) groups is 1. The number of esters is 1. The van der Waals surface area contributed by atoms with Crippen LogP contribution >= 0.6 is 0 Å². The lowest BCUT2D eigenvalue weighted by Crippen LogP contribution is -2.07. The third-order valence-electron chi connectivity index (χ3n) is 7.26. The van der Waals surface area contributed by atoms with E-state index in [1.165, 1.54) is 19.2 Å². The average molecular weight is 639 g/mol. The summed E-state index contributed by atoms with van der Waals surface area (Å²) in [7, 11) is -0.118. The minimum absolute atomic E-state index is 0.292. The van der Waals surface area contributed by atoms with Crippen molar-refractivity contribution >= 4 is 16.8 Å². The van der Waals surface area contributed by atoms with Crippen molar-refractivity contribution in [1.29, 1.82) is 0 Å². The van der Waals surface area contributed by atoms with E-state index in [0.29, 0.717) is 53.1 Å². The molecule has 5 aromatic rings. The molecule has 0 aliphatic heterocycles. The van der Waals surface area contributed by atoms with E-state index in [-0.39, 0.29) is 5.82 Å². The van der Waals surface area contributed by atoms with Crippen molar-refractivity contribution in [2.24, 2.45) is 0 Å². The van der Waals surface area contributed by atoms with Gasteiger partial charge in [0.2, 0.25) is 0 Å². The van der Waals surface area contributed by atoms with Gasteiger partial charge < -0.3 is 18.9 Å². The SMILES string of the molecule is CCc1cc(-c2ccc(F)cc2)c(OCc2ccccc2)cc1OCCCOc1cccc([S@@](=O)c2ccc(C(=O)OC)cc2)c1. The highest BCUT2D eigenvalue weighted by atomic mass is 32.2. The summed E-state index contributed by atoms with van der Waals surface area (Å²) in [5.41, 5.74) is 4.19. The van der Waals surface area contributed by atoms with E-state index in [9.17, 15) is 13.4 Å². The van der Waals surface area contributed by atoms with E-state index in [4.69, 9.17) is 18.9 Å². The normalized spacial score (nSPS) is 11.5. The van der Waals surface area contributed by atoms with Gasteiger partial charge in [0.1, 0.15) is 29.7 Å². The fraction of sp³-hybridized carbons (Fsp3) is 0.184. The number of methoxy groups -OCH3 is 1. The van der Waals surface area contributed by atoms with Gasteiger partial charge in [-0.1, -0.05) is 55.5 Å². The van der Waals surface area contributed by atoms with Crippen molar-refractivity contribution in [2.75, 3.05) is 20.3 Å². The zero-order valence-electron chi connectivity index (χ0n) is 25.7. The van der Waals surface area contributed by atoms with Gasteiger partial charge in [-0.05, 0) is 83.8 Å². The minimum Gasteiger partial charge on any atom is -0.493 e. The Bertz CT molecular complexity index is 1770. The Morgan fingerprint density at radius 1 is 0.739 bits per heavy atom. The molecule has 0 aliphatic carbocycles. The van der Waals surface area contributed by atoms with E-state index >= 15 is 0 Å². The molecule has 5 rings (SSSR count). The smallest absolute Gasteiger partial charge is 0.337 e. The van der Waals surface area contributed by atoms with Crippen LogP contribution in [0.15, 0.2) is 125 Å². The van der Waals surface area contributed by atoms with Crippen LogP contribution in [0, 0.1) is 5.82 Å². The van der Waals surface area contributed by atoms with Gasteiger partial charge in [0.25, 0.3) is 0 Å². The lowest BCUT2D eigenvalue weighted by Gasteiger charge is -2.18. The molecule has 0 N–H and O–H groups in total. The molecule has 6 nitrogen and oxygen atoms in total. The lowest BCUT2D eigenvalue weighted by molar-refractivity contribution is 0.0600. The lowest BCUT2D eigenvalue weighted by atomic mass is 10.00. The maximum atomic E-state index is 13.7. The number of ether oxygens (including phenoxy) is 4. The van der Waals surface area contributed by atoms with E-state index in [0.717, 1.165) is 34.4 Å². The van der Waals surface area contributed by atoms with Crippen molar-refractivity contribution in [2.45, 2.75) is 36.2 Å². The fourth-order valence-electron chi connectivity index (χ4n) is 4.81. The molecule has 236 valence electrons. The topological polar surface area (TPSA) is 71.1 Å². The van der Waals surface area contributed by atoms with Gasteiger partial charge in [0.05, 0.1) is 36.7 Å². The van der Waals surface area contributed by atoms with Crippen molar-refractivity contribution < 1.29 is 32.3 Å². The number of hydrogen-bond donors (Lipinski definition) is 0. The first kappa shape index (κ1) is 32.4. The number of halogens is 1. The molecule has 46 heavy (non-hydrogen) atoms. The Labute approximate surface area is 271 Å². The number of rotatable bonds is 14. The van der Waals surface area contributed by atoms with E-state index in [2.05, 4.69) is 6.92 Å². The number of benzene rings is 5. The molecule has 0 aliphatic rings. The Morgan fingerprint density at radius 2 is 1.48 bits per heavy atom. The molecular formula is C38H35FO6S. The summed E-state index contributed by atoms with van der Waals surface area (Å²) in [5.74, 6) is 1.25. The van der Waals surface area contributed by atoms with Crippen LogP contribution in [0.5, 0.6) is 17.2 Å². The van der Waals surface area contributed by atoms with Gasteiger partial charge in [-0.25, -0.2) is 13.4 Å². The van der Waals surface area contributed by atoms with Crippen LogP contribution in [0.3, 0.4) is 0 Å². The first-order valence-electron chi connectivity index (χ1n) is 15.0. The highest BCUT2D eigenvalue weighted by Gasteiger charge is 2.15. The van der Waals surface area contributed by atoms with Crippen molar-refractivity contribution in [3.8, 4) is 28.4 Å². The second-order valence-electron chi connectivity index (χ2n) is 10.4. The molecule has 0 heterocycles. The molecule has 0 bridgehead atoms. The number of carbonyl (C=O) groups excluding carboxylic acids is 1. The molecule has 0 spiro atoms. The summed E-state index contributed by atoms with van der Waals surface area (Å²) in [5, 5.41) is 0. The molecule has 1 atom stereocenters. The van der Waals surface area contributed by atoms with Crippen LogP contribution in [0.25, 0.3) is 11.1 Å². The summed E-state index contributed by atoms with van der Waals surface area (Å²) >= 11 is 0. The van der Waals surface area contributed by atoms with Crippen LogP contribution in [-0.2, 0) is 28.6 Å². The van der Waals surface area contributed by atoms with E-state index in [1.807, 2.05) is 48.5 Å². The van der Waals surface area contributed by atoms with Gasteiger partial charge >= 0.3 is 5.97 Å². The molecule has 5 aromatic carbocycles. The zero-order chi connectivity index (χ0) is 32.3. The third kappa shape index (κ3) is 8.40. The second-order valence-corrected chi connectivity index (χ2v) is 11.9. The third-order valence-corrected chi connectivity index (χ3v) is 8.64. The Balaban J connectivity index is 1.22. The molecular weight excluding hydrogens is 603 g/mol. The highest BCUT2D eigenvalue weighted by molar-refractivity contribution is 7.85. The number of aryl methyl sites for hydroxylation is 1. The van der Waals surface area contributed by atoms with Crippen molar-refractivity contribution in [3.05, 3.63) is 138 Å². The average Bonchev–Trinajstić information content (AvgIpc) is 3.11. The first-order valence-corrected chi connectivity index (χ1v) is 16.2.